The van der Waals surface area contributed by atoms with Crippen molar-refractivity contribution in [2.24, 2.45) is 0 Å². The lowest BCUT2D eigenvalue weighted by Gasteiger charge is -2.11. The predicted octanol–water partition coefficient (Wildman–Crippen LogP) is 9.47. The summed E-state index contributed by atoms with van der Waals surface area (Å²) in [6, 6.07) is 43.8. The Hall–Kier alpha value is -3.88. The molecular weight excluding hydrogens is 478 g/mol. The van der Waals surface area contributed by atoms with Crippen LogP contribution in [0, 0.1) is 0 Å². The smallest absolute Gasteiger partial charge is 0.0547 e. The van der Waals surface area contributed by atoms with Crippen molar-refractivity contribution in [1.82, 2.24) is 4.57 Å². The molecular formula is C32H20BrN. The first-order valence-corrected chi connectivity index (χ1v) is 12.3. The van der Waals surface area contributed by atoms with Crippen molar-refractivity contribution in [2.45, 2.75) is 0 Å². The van der Waals surface area contributed by atoms with E-state index in [1.807, 2.05) is 0 Å². The third-order valence-electron chi connectivity index (χ3n) is 6.78. The van der Waals surface area contributed by atoms with Gasteiger partial charge in [-0.3, -0.25) is 0 Å². The molecule has 0 atom stereocenters. The zero-order valence-electron chi connectivity index (χ0n) is 18.4. The van der Waals surface area contributed by atoms with Gasteiger partial charge in [0.05, 0.1) is 11.0 Å². The van der Waals surface area contributed by atoms with Crippen molar-refractivity contribution in [2.75, 3.05) is 0 Å². The van der Waals surface area contributed by atoms with Gasteiger partial charge in [-0.25, -0.2) is 0 Å². The van der Waals surface area contributed by atoms with E-state index in [0.29, 0.717) is 0 Å². The van der Waals surface area contributed by atoms with Crippen LogP contribution in [0.1, 0.15) is 0 Å². The highest BCUT2D eigenvalue weighted by Crippen LogP contribution is 2.39. The van der Waals surface area contributed by atoms with Gasteiger partial charge in [-0.1, -0.05) is 94.8 Å². The SMILES string of the molecule is Brc1cccc(-c2cccc(-c3cccc(-n4c5cccc6ccc7cccc4c7c65)c3)c2)c1. The fourth-order valence-electron chi connectivity index (χ4n) is 5.27. The van der Waals surface area contributed by atoms with Crippen molar-refractivity contribution in [3.63, 3.8) is 0 Å². The molecule has 0 amide bonds. The van der Waals surface area contributed by atoms with E-state index in [1.165, 1.54) is 60.5 Å². The molecule has 7 aromatic rings. The summed E-state index contributed by atoms with van der Waals surface area (Å²) >= 11 is 3.60. The van der Waals surface area contributed by atoms with Crippen LogP contribution >= 0.6 is 15.9 Å². The molecule has 0 saturated carbocycles. The number of hydrogen-bond acceptors (Lipinski definition) is 0. The summed E-state index contributed by atoms with van der Waals surface area (Å²) in [4.78, 5) is 0. The molecule has 0 N–H and O–H groups in total. The summed E-state index contributed by atoms with van der Waals surface area (Å²) in [5, 5.41) is 5.27. The molecule has 1 aromatic heterocycles. The minimum atomic E-state index is 1.09. The molecule has 0 aliphatic rings. The molecule has 7 rings (SSSR count). The van der Waals surface area contributed by atoms with Crippen LogP contribution in [0.5, 0.6) is 0 Å². The summed E-state index contributed by atoms with van der Waals surface area (Å²) in [6.07, 6.45) is 0. The monoisotopic (exact) mass is 497 g/mol. The maximum atomic E-state index is 3.60. The molecule has 0 aliphatic heterocycles. The van der Waals surface area contributed by atoms with Gasteiger partial charge in [-0.2, -0.15) is 0 Å². The molecule has 1 heterocycles. The second kappa shape index (κ2) is 7.58. The van der Waals surface area contributed by atoms with Gasteiger partial charge in [-0.05, 0) is 75.5 Å². The van der Waals surface area contributed by atoms with Crippen LogP contribution < -0.4 is 0 Å². The lowest BCUT2D eigenvalue weighted by molar-refractivity contribution is 1.18. The lowest BCUT2D eigenvalue weighted by Crippen LogP contribution is -1.94. The number of benzene rings is 6. The van der Waals surface area contributed by atoms with E-state index in [1.54, 1.807) is 0 Å². The summed E-state index contributed by atoms with van der Waals surface area (Å²) in [5.41, 5.74) is 8.54. The Kier molecular flexibility index (Phi) is 4.36. The summed E-state index contributed by atoms with van der Waals surface area (Å²) in [6.45, 7) is 0. The highest BCUT2D eigenvalue weighted by atomic mass is 79.9. The first kappa shape index (κ1) is 19.6. The summed E-state index contributed by atoms with van der Waals surface area (Å²) < 4.78 is 3.50. The first-order valence-electron chi connectivity index (χ1n) is 11.5. The van der Waals surface area contributed by atoms with E-state index in [4.69, 9.17) is 0 Å². The van der Waals surface area contributed by atoms with Crippen molar-refractivity contribution >= 4 is 48.5 Å². The fourth-order valence-corrected chi connectivity index (χ4v) is 5.67. The van der Waals surface area contributed by atoms with Crippen LogP contribution in [-0.4, -0.2) is 4.57 Å². The molecule has 160 valence electrons. The van der Waals surface area contributed by atoms with E-state index in [-0.39, 0.29) is 0 Å². The van der Waals surface area contributed by atoms with E-state index < -0.39 is 0 Å². The molecule has 0 unspecified atom stereocenters. The van der Waals surface area contributed by atoms with E-state index in [9.17, 15) is 0 Å². The van der Waals surface area contributed by atoms with Gasteiger partial charge < -0.3 is 4.57 Å². The quantitative estimate of drug-likeness (QED) is 0.214. The molecule has 0 aliphatic carbocycles. The maximum Gasteiger partial charge on any atom is 0.0547 e. The van der Waals surface area contributed by atoms with E-state index in [2.05, 4.69) is 142 Å². The van der Waals surface area contributed by atoms with Gasteiger partial charge >= 0.3 is 0 Å². The van der Waals surface area contributed by atoms with E-state index in [0.717, 1.165) is 4.47 Å². The second-order valence-corrected chi connectivity index (χ2v) is 9.71. The second-order valence-electron chi connectivity index (χ2n) is 8.79. The molecule has 34 heavy (non-hydrogen) atoms. The molecule has 0 spiro atoms. The topological polar surface area (TPSA) is 4.93 Å². The van der Waals surface area contributed by atoms with Crippen molar-refractivity contribution < 1.29 is 0 Å². The lowest BCUT2D eigenvalue weighted by atomic mass is 9.99. The minimum absolute atomic E-state index is 1.09. The van der Waals surface area contributed by atoms with Gasteiger partial charge in [0.15, 0.2) is 0 Å². The Morgan fingerprint density at radius 3 is 1.56 bits per heavy atom. The molecule has 6 aromatic carbocycles. The number of aromatic nitrogens is 1. The Morgan fingerprint density at radius 1 is 0.441 bits per heavy atom. The number of rotatable bonds is 3. The zero-order valence-corrected chi connectivity index (χ0v) is 20.0. The van der Waals surface area contributed by atoms with Crippen molar-refractivity contribution in [3.05, 3.63) is 126 Å². The third kappa shape index (κ3) is 2.99. The molecule has 0 saturated heterocycles. The molecule has 0 radical (unpaired) electrons. The average Bonchev–Trinajstić information content (AvgIpc) is 3.23. The highest BCUT2D eigenvalue weighted by molar-refractivity contribution is 9.10. The number of halogens is 1. The fraction of sp³-hybridized carbons (Fsp3) is 0. The maximum absolute atomic E-state index is 3.60. The molecule has 0 fully saturated rings. The molecule has 1 nitrogen and oxygen atoms in total. The largest absolute Gasteiger partial charge is 0.309 e. The highest BCUT2D eigenvalue weighted by Gasteiger charge is 2.16. The van der Waals surface area contributed by atoms with Gasteiger partial charge in [-0.15, -0.1) is 0 Å². The first-order chi connectivity index (χ1) is 16.8. The Balaban J connectivity index is 1.43. The minimum Gasteiger partial charge on any atom is -0.309 e. The van der Waals surface area contributed by atoms with Crippen LogP contribution in [0.3, 0.4) is 0 Å². The van der Waals surface area contributed by atoms with Crippen molar-refractivity contribution in [1.29, 1.82) is 0 Å². The van der Waals surface area contributed by atoms with Crippen LogP contribution in [-0.2, 0) is 0 Å². The van der Waals surface area contributed by atoms with Gasteiger partial charge in [0.1, 0.15) is 0 Å². The third-order valence-corrected chi connectivity index (χ3v) is 7.28. The predicted molar refractivity (Wildman–Crippen MR) is 148 cm³/mol. The van der Waals surface area contributed by atoms with Crippen LogP contribution in [0.4, 0.5) is 0 Å². The zero-order chi connectivity index (χ0) is 22.6. The Labute approximate surface area is 206 Å². The normalized spacial score (nSPS) is 11.7. The Morgan fingerprint density at radius 2 is 0.941 bits per heavy atom. The number of nitrogens with zero attached hydrogens (tertiary/aromatic N) is 1. The van der Waals surface area contributed by atoms with E-state index >= 15 is 0 Å². The van der Waals surface area contributed by atoms with Crippen LogP contribution in [0.25, 0.3) is 60.5 Å². The average molecular weight is 498 g/mol. The summed E-state index contributed by atoms with van der Waals surface area (Å²) in [7, 11) is 0. The van der Waals surface area contributed by atoms with Gasteiger partial charge in [0, 0.05) is 20.9 Å². The molecule has 2 heteroatoms. The van der Waals surface area contributed by atoms with Crippen LogP contribution in [0.2, 0.25) is 0 Å². The molecule has 0 bridgehead atoms. The summed E-state index contributed by atoms with van der Waals surface area (Å²) in [5.74, 6) is 0. The van der Waals surface area contributed by atoms with Gasteiger partial charge in [0.25, 0.3) is 0 Å². The standard InChI is InChI=1S/C32H20BrN/c33-27-12-2-10-25(19-27)23-8-1-9-24(18-23)26-11-3-13-28(20-26)34-29-14-4-6-21-16-17-22-7-5-15-30(34)32(22)31(21)29/h1-20H. The van der Waals surface area contributed by atoms with Gasteiger partial charge in [0.2, 0.25) is 0 Å². The van der Waals surface area contributed by atoms with Crippen molar-refractivity contribution in [3.8, 4) is 27.9 Å². The van der Waals surface area contributed by atoms with Crippen LogP contribution in [0.15, 0.2) is 126 Å². The number of hydrogen-bond donors (Lipinski definition) is 0. The Bertz CT molecular complexity index is 1760.